The molecule has 2 aromatic carbocycles. The van der Waals surface area contributed by atoms with Crippen molar-refractivity contribution in [3.8, 4) is 11.3 Å². The lowest BCUT2D eigenvalue weighted by Crippen LogP contribution is -2.07. The molecule has 0 atom stereocenters. The molecule has 0 spiro atoms. The van der Waals surface area contributed by atoms with Crippen molar-refractivity contribution in [2.75, 3.05) is 0 Å². The summed E-state index contributed by atoms with van der Waals surface area (Å²) in [6.45, 7) is 1.99. The van der Waals surface area contributed by atoms with Gasteiger partial charge in [0.15, 0.2) is 5.76 Å². The average Bonchev–Trinajstić information content (AvgIpc) is 2.44. The van der Waals surface area contributed by atoms with Crippen LogP contribution in [0.1, 0.15) is 5.56 Å². The summed E-state index contributed by atoms with van der Waals surface area (Å²) in [5.41, 5.74) is 2.16. The lowest BCUT2D eigenvalue weighted by molar-refractivity contribution is 0.606. The Balaban J connectivity index is 2.32. The van der Waals surface area contributed by atoms with Crippen LogP contribution in [0.15, 0.2) is 51.7 Å². The molecule has 0 saturated heterocycles. The molecule has 0 bridgehead atoms. The van der Waals surface area contributed by atoms with Crippen LogP contribution in [0, 0.1) is 16.3 Å². The van der Waals surface area contributed by atoms with Crippen LogP contribution in [-0.4, -0.2) is 0 Å². The molecular formula is C16H10FIO2. The van der Waals surface area contributed by atoms with E-state index in [-0.39, 0.29) is 10.8 Å². The lowest BCUT2D eigenvalue weighted by atomic mass is 10.1. The SMILES string of the molecule is Cc1ccc(-c2oc3ccc(F)cc3c(=O)c2I)cc1. The van der Waals surface area contributed by atoms with Gasteiger partial charge in [0.1, 0.15) is 15.0 Å². The number of fused-ring (bicyclic) bond motifs is 1. The third kappa shape index (κ3) is 2.24. The van der Waals surface area contributed by atoms with Gasteiger partial charge in [0.2, 0.25) is 5.43 Å². The Kier molecular flexibility index (Phi) is 3.33. The molecule has 0 saturated carbocycles. The Morgan fingerprint density at radius 3 is 2.50 bits per heavy atom. The van der Waals surface area contributed by atoms with Crippen molar-refractivity contribution in [3.05, 3.63) is 67.6 Å². The molecule has 3 aromatic rings. The van der Waals surface area contributed by atoms with Gasteiger partial charge in [-0.05, 0) is 47.7 Å². The van der Waals surface area contributed by atoms with E-state index in [1.165, 1.54) is 18.2 Å². The summed E-state index contributed by atoms with van der Waals surface area (Å²) in [7, 11) is 0. The first-order chi connectivity index (χ1) is 9.56. The van der Waals surface area contributed by atoms with E-state index >= 15 is 0 Å². The van der Waals surface area contributed by atoms with Crippen LogP contribution in [-0.2, 0) is 0 Å². The quantitative estimate of drug-likeness (QED) is 0.582. The largest absolute Gasteiger partial charge is 0.455 e. The molecule has 4 heteroatoms. The van der Waals surface area contributed by atoms with E-state index in [2.05, 4.69) is 0 Å². The molecular weight excluding hydrogens is 370 g/mol. The first-order valence-corrected chi connectivity index (χ1v) is 7.13. The van der Waals surface area contributed by atoms with Gasteiger partial charge in [-0.2, -0.15) is 0 Å². The third-order valence-corrected chi connectivity index (χ3v) is 4.09. The summed E-state index contributed by atoms with van der Waals surface area (Å²) in [6.07, 6.45) is 0. The van der Waals surface area contributed by atoms with Crippen molar-refractivity contribution in [2.45, 2.75) is 6.92 Å². The molecule has 0 amide bonds. The van der Waals surface area contributed by atoms with Crippen molar-refractivity contribution in [3.63, 3.8) is 0 Å². The fourth-order valence-corrected chi connectivity index (χ4v) is 2.75. The zero-order chi connectivity index (χ0) is 14.3. The van der Waals surface area contributed by atoms with Gasteiger partial charge in [0.25, 0.3) is 0 Å². The van der Waals surface area contributed by atoms with Crippen LogP contribution in [0.3, 0.4) is 0 Å². The van der Waals surface area contributed by atoms with Crippen LogP contribution in [0.2, 0.25) is 0 Å². The predicted molar refractivity (Wildman–Crippen MR) is 85.3 cm³/mol. The minimum absolute atomic E-state index is 0.207. The van der Waals surface area contributed by atoms with Gasteiger partial charge in [-0.1, -0.05) is 29.8 Å². The summed E-state index contributed by atoms with van der Waals surface area (Å²) in [4.78, 5) is 12.3. The van der Waals surface area contributed by atoms with Crippen LogP contribution in [0.5, 0.6) is 0 Å². The third-order valence-electron chi connectivity index (χ3n) is 3.11. The molecule has 0 N–H and O–H groups in total. The maximum Gasteiger partial charge on any atom is 0.206 e. The van der Waals surface area contributed by atoms with Crippen molar-refractivity contribution < 1.29 is 8.81 Å². The Labute approximate surface area is 128 Å². The number of aryl methyl sites for hydroxylation is 1. The first kappa shape index (κ1) is 13.3. The maximum atomic E-state index is 13.2. The van der Waals surface area contributed by atoms with Gasteiger partial charge < -0.3 is 4.42 Å². The van der Waals surface area contributed by atoms with E-state index in [1.54, 1.807) is 0 Å². The van der Waals surface area contributed by atoms with Crippen LogP contribution in [0.4, 0.5) is 4.39 Å². The fraction of sp³-hybridized carbons (Fsp3) is 0.0625. The van der Waals surface area contributed by atoms with Crippen LogP contribution in [0.25, 0.3) is 22.3 Å². The summed E-state index contributed by atoms with van der Waals surface area (Å²) in [6, 6.07) is 11.7. The summed E-state index contributed by atoms with van der Waals surface area (Å²) in [5, 5.41) is 0.269. The molecule has 2 nitrogen and oxygen atoms in total. The zero-order valence-corrected chi connectivity index (χ0v) is 12.8. The van der Waals surface area contributed by atoms with E-state index in [9.17, 15) is 9.18 Å². The number of halogens is 2. The van der Waals surface area contributed by atoms with Crippen molar-refractivity contribution in [2.24, 2.45) is 0 Å². The van der Waals surface area contributed by atoms with Gasteiger partial charge in [-0.3, -0.25) is 4.79 Å². The first-order valence-electron chi connectivity index (χ1n) is 6.05. The highest BCUT2D eigenvalue weighted by Gasteiger charge is 2.14. The van der Waals surface area contributed by atoms with Gasteiger partial charge in [-0.25, -0.2) is 4.39 Å². The van der Waals surface area contributed by atoms with E-state index in [0.717, 1.165) is 11.1 Å². The highest BCUT2D eigenvalue weighted by molar-refractivity contribution is 14.1. The number of hydrogen-bond acceptors (Lipinski definition) is 2. The highest BCUT2D eigenvalue weighted by Crippen LogP contribution is 2.27. The Morgan fingerprint density at radius 1 is 1.10 bits per heavy atom. The Morgan fingerprint density at radius 2 is 1.80 bits per heavy atom. The Bertz CT molecular complexity index is 851. The predicted octanol–water partition coefficient (Wildman–Crippen LogP) is 4.51. The molecule has 0 unspecified atom stereocenters. The second kappa shape index (κ2) is 5.01. The minimum Gasteiger partial charge on any atom is -0.455 e. The fourth-order valence-electron chi connectivity index (χ4n) is 2.04. The van der Waals surface area contributed by atoms with Crippen LogP contribution >= 0.6 is 22.6 Å². The topological polar surface area (TPSA) is 30.2 Å². The zero-order valence-electron chi connectivity index (χ0n) is 10.6. The Hall–Kier alpha value is -1.69. The molecule has 1 heterocycles. The molecule has 20 heavy (non-hydrogen) atoms. The van der Waals surface area contributed by atoms with Gasteiger partial charge in [-0.15, -0.1) is 0 Å². The molecule has 1 aromatic heterocycles. The van der Waals surface area contributed by atoms with Gasteiger partial charge in [0.05, 0.1) is 5.39 Å². The molecule has 3 rings (SSSR count). The highest BCUT2D eigenvalue weighted by atomic mass is 127. The maximum absolute atomic E-state index is 13.2. The summed E-state index contributed by atoms with van der Waals surface area (Å²) in [5.74, 6) is 0.0818. The molecule has 0 aliphatic heterocycles. The van der Waals surface area contributed by atoms with Gasteiger partial charge >= 0.3 is 0 Å². The number of benzene rings is 2. The molecule has 0 aliphatic carbocycles. The minimum atomic E-state index is -0.441. The average molecular weight is 380 g/mol. The number of rotatable bonds is 1. The van der Waals surface area contributed by atoms with Crippen molar-refractivity contribution >= 4 is 33.6 Å². The summed E-state index contributed by atoms with van der Waals surface area (Å²) >= 11 is 1.95. The molecule has 0 radical (unpaired) electrons. The molecule has 0 fully saturated rings. The van der Waals surface area contributed by atoms with E-state index < -0.39 is 5.82 Å². The van der Waals surface area contributed by atoms with E-state index in [0.29, 0.717) is 14.9 Å². The van der Waals surface area contributed by atoms with E-state index in [1.807, 2.05) is 53.8 Å². The lowest BCUT2D eigenvalue weighted by Gasteiger charge is -2.06. The van der Waals surface area contributed by atoms with Crippen molar-refractivity contribution in [1.82, 2.24) is 0 Å². The number of hydrogen-bond donors (Lipinski definition) is 0. The molecule has 100 valence electrons. The smallest absolute Gasteiger partial charge is 0.206 e. The molecule has 0 aliphatic rings. The van der Waals surface area contributed by atoms with Crippen LogP contribution < -0.4 is 5.43 Å². The monoisotopic (exact) mass is 380 g/mol. The second-order valence-electron chi connectivity index (χ2n) is 4.58. The second-order valence-corrected chi connectivity index (χ2v) is 5.66. The van der Waals surface area contributed by atoms with Crippen molar-refractivity contribution in [1.29, 1.82) is 0 Å². The van der Waals surface area contributed by atoms with Gasteiger partial charge in [0, 0.05) is 5.56 Å². The standard InChI is InChI=1S/C16H10FIO2/c1-9-2-4-10(5-3-9)16-14(18)15(19)12-8-11(17)6-7-13(12)20-16/h2-8H,1H3. The van der Waals surface area contributed by atoms with E-state index in [4.69, 9.17) is 4.42 Å². The normalized spacial score (nSPS) is 10.9. The summed E-state index contributed by atoms with van der Waals surface area (Å²) < 4.78 is 19.5.